The maximum atomic E-state index is 12.2. The first kappa shape index (κ1) is 18.2. The summed E-state index contributed by atoms with van der Waals surface area (Å²) in [4.78, 5) is 16.8. The van der Waals surface area contributed by atoms with Gasteiger partial charge in [-0.05, 0) is 23.8 Å². The third-order valence-electron chi connectivity index (χ3n) is 4.48. The molecule has 0 atom stereocenters. The molecule has 1 aliphatic heterocycles. The SMILES string of the molecule is Nc1cccc(NC(=O)CN2CCN(C/C=C/c3ccccc3)CC2)c1. The van der Waals surface area contributed by atoms with E-state index in [1.807, 2.05) is 30.3 Å². The van der Waals surface area contributed by atoms with E-state index in [9.17, 15) is 4.79 Å². The Balaban J connectivity index is 1.38. The molecule has 1 heterocycles. The number of hydrogen-bond acceptors (Lipinski definition) is 4. The van der Waals surface area contributed by atoms with Crippen LogP contribution in [0.15, 0.2) is 60.7 Å². The van der Waals surface area contributed by atoms with Gasteiger partial charge in [0.25, 0.3) is 0 Å². The fraction of sp³-hybridized carbons (Fsp3) is 0.286. The quantitative estimate of drug-likeness (QED) is 0.786. The van der Waals surface area contributed by atoms with Crippen molar-refractivity contribution in [3.8, 4) is 0 Å². The summed E-state index contributed by atoms with van der Waals surface area (Å²) in [6.07, 6.45) is 4.36. The molecule has 2 aromatic carbocycles. The summed E-state index contributed by atoms with van der Waals surface area (Å²) in [5.41, 5.74) is 8.37. The minimum Gasteiger partial charge on any atom is -0.399 e. The van der Waals surface area contributed by atoms with Gasteiger partial charge in [0.2, 0.25) is 5.91 Å². The molecule has 5 heteroatoms. The average Bonchev–Trinajstić information content (AvgIpc) is 2.64. The normalized spacial score (nSPS) is 16.0. The number of carbonyl (C=O) groups excluding carboxylic acids is 1. The first-order chi connectivity index (χ1) is 12.7. The van der Waals surface area contributed by atoms with Gasteiger partial charge in [-0.25, -0.2) is 0 Å². The summed E-state index contributed by atoms with van der Waals surface area (Å²) in [5, 5.41) is 2.91. The number of carbonyl (C=O) groups is 1. The van der Waals surface area contributed by atoms with Crippen LogP contribution in [0.1, 0.15) is 5.56 Å². The fourth-order valence-electron chi connectivity index (χ4n) is 3.05. The lowest BCUT2D eigenvalue weighted by Crippen LogP contribution is -2.48. The van der Waals surface area contributed by atoms with Crippen molar-refractivity contribution in [2.24, 2.45) is 0 Å². The lowest BCUT2D eigenvalue weighted by molar-refractivity contribution is -0.117. The Labute approximate surface area is 155 Å². The second-order valence-corrected chi connectivity index (χ2v) is 6.56. The number of piperazine rings is 1. The van der Waals surface area contributed by atoms with Gasteiger partial charge in [-0.15, -0.1) is 0 Å². The predicted octanol–water partition coefficient (Wildman–Crippen LogP) is 2.54. The van der Waals surface area contributed by atoms with E-state index < -0.39 is 0 Å². The van der Waals surface area contributed by atoms with E-state index in [1.54, 1.807) is 12.1 Å². The maximum Gasteiger partial charge on any atom is 0.238 e. The highest BCUT2D eigenvalue weighted by atomic mass is 16.2. The molecule has 1 aliphatic rings. The van der Waals surface area contributed by atoms with E-state index in [0.29, 0.717) is 12.2 Å². The van der Waals surface area contributed by atoms with E-state index in [4.69, 9.17) is 5.73 Å². The summed E-state index contributed by atoms with van der Waals surface area (Å²) in [6, 6.07) is 17.6. The van der Waals surface area contributed by atoms with Crippen LogP contribution in [0.25, 0.3) is 6.08 Å². The van der Waals surface area contributed by atoms with E-state index >= 15 is 0 Å². The Bertz CT molecular complexity index is 737. The molecule has 0 saturated carbocycles. The van der Waals surface area contributed by atoms with Crippen LogP contribution in [0, 0.1) is 0 Å². The van der Waals surface area contributed by atoms with Crippen molar-refractivity contribution in [2.45, 2.75) is 0 Å². The molecule has 0 spiro atoms. The Morgan fingerprint density at radius 2 is 1.73 bits per heavy atom. The molecule has 0 bridgehead atoms. The van der Waals surface area contributed by atoms with Crippen LogP contribution in [0.2, 0.25) is 0 Å². The summed E-state index contributed by atoms with van der Waals surface area (Å²) < 4.78 is 0. The first-order valence-electron chi connectivity index (χ1n) is 9.01. The molecular formula is C21H26N4O. The summed E-state index contributed by atoms with van der Waals surface area (Å²) in [7, 11) is 0. The molecule has 1 amide bonds. The standard InChI is InChI=1S/C21H26N4O/c22-19-9-4-10-20(16-19)23-21(26)17-25-14-12-24(13-15-25)11-5-8-18-6-2-1-3-7-18/h1-10,16H,11-15,17,22H2,(H,23,26)/b8-5+. The van der Waals surface area contributed by atoms with Gasteiger partial charge in [-0.3, -0.25) is 14.6 Å². The summed E-state index contributed by atoms with van der Waals surface area (Å²) in [6.45, 7) is 5.13. The number of hydrogen-bond donors (Lipinski definition) is 2. The number of nitrogens with two attached hydrogens (primary N) is 1. The van der Waals surface area contributed by atoms with Gasteiger partial charge in [0.05, 0.1) is 6.54 Å². The minimum atomic E-state index is 0.00743. The van der Waals surface area contributed by atoms with E-state index in [-0.39, 0.29) is 5.91 Å². The number of rotatable bonds is 6. The number of nitrogen functional groups attached to an aromatic ring is 1. The lowest BCUT2D eigenvalue weighted by atomic mass is 10.2. The van der Waals surface area contributed by atoms with Crippen LogP contribution in [-0.4, -0.2) is 55.0 Å². The monoisotopic (exact) mass is 350 g/mol. The molecule has 26 heavy (non-hydrogen) atoms. The van der Waals surface area contributed by atoms with Gasteiger partial charge in [0, 0.05) is 44.1 Å². The zero-order chi connectivity index (χ0) is 18.2. The topological polar surface area (TPSA) is 61.6 Å². The Morgan fingerprint density at radius 3 is 2.46 bits per heavy atom. The predicted molar refractivity (Wildman–Crippen MR) is 108 cm³/mol. The highest BCUT2D eigenvalue weighted by Crippen LogP contribution is 2.12. The van der Waals surface area contributed by atoms with Gasteiger partial charge >= 0.3 is 0 Å². The van der Waals surface area contributed by atoms with Crippen LogP contribution in [-0.2, 0) is 4.79 Å². The van der Waals surface area contributed by atoms with Crippen molar-refractivity contribution < 1.29 is 4.79 Å². The highest BCUT2D eigenvalue weighted by Gasteiger charge is 2.18. The molecule has 3 N–H and O–H groups in total. The Morgan fingerprint density at radius 1 is 1.00 bits per heavy atom. The first-order valence-corrected chi connectivity index (χ1v) is 9.01. The molecule has 3 rings (SSSR count). The minimum absolute atomic E-state index is 0.00743. The molecule has 1 fully saturated rings. The number of amides is 1. The van der Waals surface area contributed by atoms with Crippen LogP contribution >= 0.6 is 0 Å². The summed E-state index contributed by atoms with van der Waals surface area (Å²) >= 11 is 0. The van der Waals surface area contributed by atoms with Gasteiger partial charge < -0.3 is 11.1 Å². The molecule has 1 saturated heterocycles. The number of anilines is 2. The molecule has 5 nitrogen and oxygen atoms in total. The van der Waals surface area contributed by atoms with E-state index in [1.165, 1.54) is 5.56 Å². The van der Waals surface area contributed by atoms with Crippen molar-refractivity contribution in [1.29, 1.82) is 0 Å². The van der Waals surface area contributed by atoms with Gasteiger partial charge in [-0.2, -0.15) is 0 Å². The number of nitrogens with zero attached hydrogens (tertiary/aromatic N) is 2. The zero-order valence-corrected chi connectivity index (χ0v) is 15.0. The molecule has 0 aliphatic carbocycles. The number of nitrogens with one attached hydrogen (secondary N) is 1. The number of benzene rings is 2. The van der Waals surface area contributed by atoms with Crippen molar-refractivity contribution in [2.75, 3.05) is 50.3 Å². The maximum absolute atomic E-state index is 12.2. The van der Waals surface area contributed by atoms with Crippen molar-refractivity contribution in [3.05, 3.63) is 66.2 Å². The highest BCUT2D eigenvalue weighted by molar-refractivity contribution is 5.92. The molecule has 2 aromatic rings. The van der Waals surface area contributed by atoms with Gasteiger partial charge in [0.1, 0.15) is 0 Å². The smallest absolute Gasteiger partial charge is 0.238 e. The Hall–Kier alpha value is -2.63. The average molecular weight is 350 g/mol. The Kier molecular flexibility index (Phi) is 6.41. The second-order valence-electron chi connectivity index (χ2n) is 6.56. The van der Waals surface area contributed by atoms with Crippen molar-refractivity contribution in [1.82, 2.24) is 9.80 Å². The third kappa shape index (κ3) is 5.72. The van der Waals surface area contributed by atoms with Crippen LogP contribution in [0.3, 0.4) is 0 Å². The van der Waals surface area contributed by atoms with Crippen LogP contribution < -0.4 is 11.1 Å². The van der Waals surface area contributed by atoms with Crippen LogP contribution in [0.5, 0.6) is 0 Å². The molecule has 136 valence electrons. The third-order valence-corrected chi connectivity index (χ3v) is 4.48. The second kappa shape index (κ2) is 9.17. The van der Waals surface area contributed by atoms with Gasteiger partial charge in [-0.1, -0.05) is 48.6 Å². The van der Waals surface area contributed by atoms with Crippen molar-refractivity contribution >= 4 is 23.4 Å². The zero-order valence-electron chi connectivity index (χ0n) is 15.0. The molecular weight excluding hydrogens is 324 g/mol. The summed E-state index contributed by atoms with van der Waals surface area (Å²) in [5.74, 6) is 0.00743. The fourth-order valence-corrected chi connectivity index (χ4v) is 3.05. The van der Waals surface area contributed by atoms with E-state index in [0.717, 1.165) is 38.4 Å². The van der Waals surface area contributed by atoms with Crippen LogP contribution in [0.4, 0.5) is 11.4 Å². The molecule has 0 radical (unpaired) electrons. The van der Waals surface area contributed by atoms with E-state index in [2.05, 4.69) is 39.4 Å². The molecule has 0 aromatic heterocycles. The largest absolute Gasteiger partial charge is 0.399 e. The lowest BCUT2D eigenvalue weighted by Gasteiger charge is -2.33. The van der Waals surface area contributed by atoms with Gasteiger partial charge in [0.15, 0.2) is 0 Å². The van der Waals surface area contributed by atoms with Crippen molar-refractivity contribution in [3.63, 3.8) is 0 Å². The molecule has 0 unspecified atom stereocenters.